The van der Waals surface area contributed by atoms with Crippen LogP contribution in [-0.2, 0) is 39.8 Å². The summed E-state index contributed by atoms with van der Waals surface area (Å²) in [6.45, 7) is 9.93. The van der Waals surface area contributed by atoms with Crippen LogP contribution in [0.15, 0.2) is 29.8 Å². The van der Waals surface area contributed by atoms with E-state index in [9.17, 15) is 14.4 Å². The van der Waals surface area contributed by atoms with E-state index in [1.807, 2.05) is 36.7 Å². The number of carbonyl (C=O) groups excluding carboxylic acids is 3. The zero-order chi connectivity index (χ0) is 30.4. The molecule has 2 heterocycles. The summed E-state index contributed by atoms with van der Waals surface area (Å²) >= 11 is 1.61. The molecule has 13 heteroatoms. The van der Waals surface area contributed by atoms with Gasteiger partial charge in [0.2, 0.25) is 5.91 Å². The maximum Gasteiger partial charge on any atom is 0.407 e. The van der Waals surface area contributed by atoms with Gasteiger partial charge in [-0.05, 0) is 38.8 Å². The van der Waals surface area contributed by atoms with Crippen LogP contribution in [-0.4, -0.2) is 93.4 Å². The number of ether oxygens (including phenoxy) is 5. The van der Waals surface area contributed by atoms with Crippen molar-refractivity contribution in [2.45, 2.75) is 58.4 Å². The first-order valence-electron chi connectivity index (χ1n) is 14.0. The Labute approximate surface area is 250 Å². The van der Waals surface area contributed by atoms with Crippen LogP contribution < -0.4 is 16.0 Å². The van der Waals surface area contributed by atoms with Crippen molar-refractivity contribution in [1.82, 2.24) is 20.9 Å². The number of carbonyl (C=O) groups is 3. The molecule has 1 aromatic heterocycles. The van der Waals surface area contributed by atoms with Crippen LogP contribution in [0.5, 0.6) is 0 Å². The van der Waals surface area contributed by atoms with E-state index >= 15 is 0 Å². The molecular weight excluding hydrogens is 564 g/mol. The minimum atomic E-state index is -0.538. The van der Waals surface area contributed by atoms with E-state index in [0.29, 0.717) is 52.5 Å². The molecule has 2 aromatic rings. The molecule has 1 aromatic carbocycles. The Hall–Kier alpha value is -3.10. The van der Waals surface area contributed by atoms with Gasteiger partial charge in [-0.2, -0.15) is 0 Å². The summed E-state index contributed by atoms with van der Waals surface area (Å²) in [4.78, 5) is 41.6. The van der Waals surface area contributed by atoms with Crippen molar-refractivity contribution >= 4 is 29.3 Å². The third-order valence-electron chi connectivity index (χ3n) is 6.01. The van der Waals surface area contributed by atoms with Crippen molar-refractivity contribution in [2.24, 2.45) is 0 Å². The van der Waals surface area contributed by atoms with Gasteiger partial charge < -0.3 is 39.6 Å². The highest BCUT2D eigenvalue weighted by Crippen LogP contribution is 2.27. The number of hydrogen-bond donors (Lipinski definition) is 3. The second kappa shape index (κ2) is 17.1. The molecule has 42 heavy (non-hydrogen) atoms. The van der Waals surface area contributed by atoms with Crippen LogP contribution >= 0.6 is 11.3 Å². The number of amides is 2. The number of alkyl carbamates (subject to hydrolysis) is 1. The topological polar surface area (TPSA) is 146 Å². The fourth-order valence-electron chi connectivity index (χ4n) is 4.01. The quantitative estimate of drug-likeness (QED) is 0.193. The number of aryl methyl sites for hydroxylation is 1. The van der Waals surface area contributed by atoms with E-state index in [-0.39, 0.29) is 19.1 Å². The highest BCUT2D eigenvalue weighted by atomic mass is 32.1. The summed E-state index contributed by atoms with van der Waals surface area (Å²) in [7, 11) is 0. The normalized spacial score (nSPS) is 16.7. The minimum Gasteiger partial charge on any atom is -0.459 e. The molecule has 0 spiro atoms. The molecule has 1 aliphatic heterocycles. The van der Waals surface area contributed by atoms with Crippen molar-refractivity contribution in [3.8, 4) is 10.4 Å². The summed E-state index contributed by atoms with van der Waals surface area (Å²) < 4.78 is 26.6. The molecule has 2 amide bonds. The average Bonchev–Trinajstić information content (AvgIpc) is 3.58. The Balaban J connectivity index is 1.17. The van der Waals surface area contributed by atoms with E-state index in [4.69, 9.17) is 23.7 Å². The van der Waals surface area contributed by atoms with E-state index in [2.05, 4.69) is 20.9 Å². The van der Waals surface area contributed by atoms with Gasteiger partial charge in [0.15, 0.2) is 0 Å². The molecule has 3 rings (SSSR count). The molecule has 2 atom stereocenters. The van der Waals surface area contributed by atoms with Crippen molar-refractivity contribution in [3.63, 3.8) is 0 Å². The minimum absolute atomic E-state index is 0.132. The van der Waals surface area contributed by atoms with Gasteiger partial charge in [0.25, 0.3) is 0 Å². The smallest absolute Gasteiger partial charge is 0.407 e. The summed E-state index contributed by atoms with van der Waals surface area (Å²) in [6.07, 6.45) is -0.474. The first-order chi connectivity index (χ1) is 20.1. The first-order valence-corrected chi connectivity index (χ1v) is 14.9. The monoisotopic (exact) mass is 606 g/mol. The number of esters is 1. The summed E-state index contributed by atoms with van der Waals surface area (Å²) in [6, 6.07) is 7.63. The Kier molecular flexibility index (Phi) is 13.6. The lowest BCUT2D eigenvalue weighted by atomic mass is 10.1. The van der Waals surface area contributed by atoms with Crippen LogP contribution in [0.3, 0.4) is 0 Å². The van der Waals surface area contributed by atoms with Gasteiger partial charge in [-0.15, -0.1) is 11.3 Å². The Morgan fingerprint density at radius 3 is 2.36 bits per heavy atom. The molecule has 12 nitrogen and oxygen atoms in total. The van der Waals surface area contributed by atoms with Crippen molar-refractivity contribution in [3.05, 3.63) is 41.0 Å². The van der Waals surface area contributed by atoms with Crippen LogP contribution in [0.25, 0.3) is 10.4 Å². The number of rotatable bonds is 16. The van der Waals surface area contributed by atoms with Crippen molar-refractivity contribution < 1.29 is 38.1 Å². The summed E-state index contributed by atoms with van der Waals surface area (Å²) in [5, 5.41) is 8.66. The standard InChI is InChI=1S/C29H42N4O8S/c1-20-26(42-19-33-20)22-7-5-21(6-8-22)16-32-27(35)24-15-23(17-31-24)40-25(34)18-39-14-13-38-12-11-37-10-9-30-28(36)41-29(2,3)4/h5-8,19,23-24,31H,9-18H2,1-4H3,(H,30,36)(H,32,35). The predicted molar refractivity (Wildman–Crippen MR) is 157 cm³/mol. The first kappa shape index (κ1) is 33.4. The van der Waals surface area contributed by atoms with E-state index in [0.717, 1.165) is 21.7 Å². The van der Waals surface area contributed by atoms with Gasteiger partial charge in [0.1, 0.15) is 18.3 Å². The number of hydrogen-bond acceptors (Lipinski definition) is 11. The number of benzene rings is 1. The highest BCUT2D eigenvalue weighted by molar-refractivity contribution is 7.13. The maximum atomic E-state index is 12.6. The molecule has 1 aliphatic rings. The molecule has 1 fully saturated rings. The molecule has 0 saturated carbocycles. The number of thiazole rings is 1. The number of nitrogens with zero attached hydrogens (tertiary/aromatic N) is 1. The molecule has 0 radical (unpaired) electrons. The SMILES string of the molecule is Cc1ncsc1-c1ccc(CNC(=O)C2CC(OC(=O)COCCOCCOCCNC(=O)OC(C)(C)C)CN2)cc1. The fourth-order valence-corrected chi connectivity index (χ4v) is 4.82. The van der Waals surface area contributed by atoms with Crippen LogP contribution in [0, 0.1) is 6.92 Å². The highest BCUT2D eigenvalue weighted by Gasteiger charge is 2.31. The molecule has 232 valence electrons. The predicted octanol–water partition coefficient (Wildman–Crippen LogP) is 2.58. The van der Waals surface area contributed by atoms with Gasteiger partial charge in [-0.25, -0.2) is 14.6 Å². The van der Waals surface area contributed by atoms with E-state index in [1.165, 1.54) is 0 Å². The Bertz CT molecular complexity index is 1140. The summed E-state index contributed by atoms with van der Waals surface area (Å²) in [5.41, 5.74) is 4.41. The lowest BCUT2D eigenvalue weighted by Gasteiger charge is -2.19. The van der Waals surface area contributed by atoms with Crippen LogP contribution in [0.2, 0.25) is 0 Å². The molecular formula is C29H42N4O8S. The number of aromatic nitrogens is 1. The lowest BCUT2D eigenvalue weighted by Crippen LogP contribution is -2.39. The lowest BCUT2D eigenvalue weighted by molar-refractivity contribution is -0.154. The van der Waals surface area contributed by atoms with Gasteiger partial charge in [-0.3, -0.25) is 4.79 Å². The summed E-state index contributed by atoms with van der Waals surface area (Å²) in [5.74, 6) is -0.618. The third-order valence-corrected chi connectivity index (χ3v) is 6.99. The fraction of sp³-hybridized carbons (Fsp3) is 0.586. The van der Waals surface area contributed by atoms with Crippen molar-refractivity contribution in [2.75, 3.05) is 52.7 Å². The van der Waals surface area contributed by atoms with Gasteiger partial charge in [0, 0.05) is 26.1 Å². The average molecular weight is 607 g/mol. The Morgan fingerprint density at radius 1 is 1.00 bits per heavy atom. The van der Waals surface area contributed by atoms with E-state index < -0.39 is 29.8 Å². The second-order valence-electron chi connectivity index (χ2n) is 10.7. The molecule has 1 saturated heterocycles. The maximum absolute atomic E-state index is 12.6. The largest absolute Gasteiger partial charge is 0.459 e. The number of nitrogens with one attached hydrogen (secondary N) is 3. The van der Waals surface area contributed by atoms with Gasteiger partial charge in [-0.1, -0.05) is 24.3 Å². The second-order valence-corrected chi connectivity index (χ2v) is 11.6. The zero-order valence-electron chi connectivity index (χ0n) is 24.7. The molecule has 2 unspecified atom stereocenters. The van der Waals surface area contributed by atoms with Gasteiger partial charge in [0.05, 0.1) is 55.2 Å². The zero-order valence-corrected chi connectivity index (χ0v) is 25.6. The van der Waals surface area contributed by atoms with Gasteiger partial charge >= 0.3 is 12.1 Å². The Morgan fingerprint density at radius 2 is 1.69 bits per heavy atom. The van der Waals surface area contributed by atoms with Crippen LogP contribution in [0.1, 0.15) is 38.4 Å². The molecule has 0 bridgehead atoms. The molecule has 3 N–H and O–H groups in total. The molecule has 0 aliphatic carbocycles. The van der Waals surface area contributed by atoms with Crippen LogP contribution in [0.4, 0.5) is 4.79 Å². The third kappa shape index (κ3) is 12.4. The van der Waals surface area contributed by atoms with Crippen molar-refractivity contribution in [1.29, 1.82) is 0 Å². The van der Waals surface area contributed by atoms with E-state index in [1.54, 1.807) is 32.1 Å².